The van der Waals surface area contributed by atoms with Crippen LogP contribution in [0.3, 0.4) is 0 Å². The summed E-state index contributed by atoms with van der Waals surface area (Å²) >= 11 is 0. The van der Waals surface area contributed by atoms with Crippen LogP contribution in [-0.4, -0.2) is 32.7 Å². The first-order valence-electron chi connectivity index (χ1n) is 12.1. The molecule has 0 bridgehead atoms. The summed E-state index contributed by atoms with van der Waals surface area (Å²) in [5.74, 6) is 0.0149. The Hall–Kier alpha value is -4.41. The minimum Gasteiger partial charge on any atom is -0.494 e. The molecule has 4 aromatic rings. The standard InChI is InChI=1S/C28H30FN5O.CO2/c1-7-35-21-13-14-23(22(29)15-21)34-19(3)24-18(2)31-32-26(25(24)33-34)28(17-30,27(4,5)6)16-20-11-9-8-10-12-20;2-1-3/h8-15H,7,16H2,1-6H3;. The van der Waals surface area contributed by atoms with Crippen molar-refractivity contribution >= 4 is 17.1 Å². The highest BCUT2D eigenvalue weighted by Gasteiger charge is 2.47. The van der Waals surface area contributed by atoms with Gasteiger partial charge in [0.25, 0.3) is 0 Å². The molecule has 9 heteroatoms. The average Bonchev–Trinajstić information content (AvgIpc) is 3.21. The Morgan fingerprint density at radius 3 is 2.26 bits per heavy atom. The summed E-state index contributed by atoms with van der Waals surface area (Å²) in [7, 11) is 0. The molecule has 0 N–H and O–H groups in total. The molecule has 0 aliphatic rings. The number of aryl methyl sites for hydroxylation is 2. The van der Waals surface area contributed by atoms with Crippen LogP contribution in [0.5, 0.6) is 5.75 Å². The molecule has 1 unspecified atom stereocenters. The molecular formula is C29H30FN5O3. The van der Waals surface area contributed by atoms with E-state index >= 15 is 4.39 Å². The molecule has 1 atom stereocenters. The van der Waals surface area contributed by atoms with E-state index in [0.29, 0.717) is 41.4 Å². The zero-order valence-corrected chi connectivity index (χ0v) is 22.4. The largest absolute Gasteiger partial charge is 0.494 e. The van der Waals surface area contributed by atoms with E-state index < -0.39 is 16.6 Å². The molecule has 38 heavy (non-hydrogen) atoms. The van der Waals surface area contributed by atoms with E-state index in [0.717, 1.165) is 16.6 Å². The third-order valence-electron chi connectivity index (χ3n) is 6.65. The van der Waals surface area contributed by atoms with E-state index in [9.17, 15) is 5.26 Å². The maximum atomic E-state index is 15.1. The maximum absolute atomic E-state index is 15.1. The normalized spacial score (nSPS) is 12.6. The van der Waals surface area contributed by atoms with Gasteiger partial charge in [-0.05, 0) is 50.3 Å². The summed E-state index contributed by atoms with van der Waals surface area (Å²) in [4.78, 5) is 16.2. The van der Waals surface area contributed by atoms with Crippen molar-refractivity contribution in [3.05, 3.63) is 77.0 Å². The first-order chi connectivity index (χ1) is 18.0. The summed E-state index contributed by atoms with van der Waals surface area (Å²) in [5.41, 5.74) is 2.30. The smallest absolute Gasteiger partial charge is 0.373 e. The second kappa shape index (κ2) is 11.3. The van der Waals surface area contributed by atoms with Gasteiger partial charge in [-0.25, -0.2) is 9.07 Å². The molecule has 0 amide bonds. The molecule has 4 rings (SSSR count). The monoisotopic (exact) mass is 515 g/mol. The molecule has 0 radical (unpaired) electrons. The van der Waals surface area contributed by atoms with Gasteiger partial charge >= 0.3 is 6.15 Å². The van der Waals surface area contributed by atoms with Crippen LogP contribution in [-0.2, 0) is 21.4 Å². The fourth-order valence-electron chi connectivity index (χ4n) is 4.63. The molecule has 2 aromatic heterocycles. The number of nitrogens with zero attached hydrogens (tertiary/aromatic N) is 5. The molecule has 0 saturated carbocycles. The van der Waals surface area contributed by atoms with Crippen LogP contribution in [0.25, 0.3) is 16.6 Å². The predicted octanol–water partition coefficient (Wildman–Crippen LogP) is 5.44. The number of hydrogen-bond donors (Lipinski definition) is 0. The third-order valence-corrected chi connectivity index (χ3v) is 6.65. The van der Waals surface area contributed by atoms with Gasteiger partial charge in [-0.2, -0.15) is 30.1 Å². The zero-order valence-electron chi connectivity index (χ0n) is 22.4. The Bertz CT molecular complexity index is 1510. The van der Waals surface area contributed by atoms with Crippen LogP contribution in [0.2, 0.25) is 0 Å². The minimum atomic E-state index is -1.02. The van der Waals surface area contributed by atoms with Crippen molar-refractivity contribution in [3.63, 3.8) is 0 Å². The van der Waals surface area contributed by atoms with Gasteiger partial charge < -0.3 is 4.74 Å². The van der Waals surface area contributed by atoms with Crippen LogP contribution in [0.4, 0.5) is 4.39 Å². The van der Waals surface area contributed by atoms with Gasteiger partial charge in [0.05, 0.1) is 24.1 Å². The fourth-order valence-corrected chi connectivity index (χ4v) is 4.63. The van der Waals surface area contributed by atoms with Crippen molar-refractivity contribution in [2.24, 2.45) is 5.41 Å². The third kappa shape index (κ3) is 5.17. The number of halogens is 1. The molecule has 196 valence electrons. The molecule has 0 fully saturated rings. The number of benzene rings is 2. The van der Waals surface area contributed by atoms with E-state index in [-0.39, 0.29) is 6.15 Å². The van der Waals surface area contributed by atoms with Crippen LogP contribution in [0, 0.1) is 36.4 Å². The first-order valence-corrected chi connectivity index (χ1v) is 12.1. The van der Waals surface area contributed by atoms with Crippen LogP contribution in [0.15, 0.2) is 48.5 Å². The second-order valence-electron chi connectivity index (χ2n) is 9.91. The molecule has 0 aliphatic carbocycles. The molecule has 8 nitrogen and oxygen atoms in total. The highest BCUT2D eigenvalue weighted by atomic mass is 19.1. The highest BCUT2D eigenvalue weighted by Crippen LogP contribution is 2.45. The predicted molar refractivity (Wildman–Crippen MR) is 139 cm³/mol. The summed E-state index contributed by atoms with van der Waals surface area (Å²) in [6.07, 6.45) is 0.698. The number of aromatic nitrogens is 4. The second-order valence-corrected chi connectivity index (χ2v) is 9.91. The summed E-state index contributed by atoms with van der Waals surface area (Å²) in [6.45, 7) is 12.1. The fraction of sp³-hybridized carbons (Fsp3) is 0.345. The Morgan fingerprint density at radius 1 is 1.05 bits per heavy atom. The average molecular weight is 516 g/mol. The molecule has 0 aliphatic heterocycles. The van der Waals surface area contributed by atoms with Crippen molar-refractivity contribution < 1.29 is 18.7 Å². The molecule has 0 saturated heterocycles. The van der Waals surface area contributed by atoms with E-state index in [1.54, 1.807) is 16.8 Å². The lowest BCUT2D eigenvalue weighted by atomic mass is 9.62. The van der Waals surface area contributed by atoms with Gasteiger partial charge in [-0.3, -0.25) is 0 Å². The van der Waals surface area contributed by atoms with Gasteiger partial charge in [-0.15, -0.1) is 0 Å². The van der Waals surface area contributed by atoms with E-state index in [1.807, 2.05) is 71.9 Å². The molecule has 2 heterocycles. The summed E-state index contributed by atoms with van der Waals surface area (Å²) in [5, 5.41) is 25.3. The van der Waals surface area contributed by atoms with Gasteiger partial charge in [0.15, 0.2) is 5.82 Å². The number of carbonyl (C=O) groups excluding carboxylic acids is 2. The van der Waals surface area contributed by atoms with Crippen molar-refractivity contribution in [2.45, 2.75) is 53.4 Å². The van der Waals surface area contributed by atoms with Crippen LogP contribution < -0.4 is 4.74 Å². The van der Waals surface area contributed by atoms with E-state index in [4.69, 9.17) is 19.4 Å². The van der Waals surface area contributed by atoms with E-state index in [2.05, 4.69) is 16.3 Å². The molecule has 0 spiro atoms. The van der Waals surface area contributed by atoms with Gasteiger partial charge in [-0.1, -0.05) is 51.1 Å². The Balaban J connectivity index is 0.00000127. The first kappa shape index (κ1) is 28.2. The minimum absolute atomic E-state index is 0.250. The lowest BCUT2D eigenvalue weighted by Crippen LogP contribution is -2.42. The Morgan fingerprint density at radius 2 is 1.71 bits per heavy atom. The number of hydrogen-bond acceptors (Lipinski definition) is 7. The van der Waals surface area contributed by atoms with Crippen molar-refractivity contribution in [1.29, 1.82) is 5.26 Å². The van der Waals surface area contributed by atoms with Gasteiger partial charge in [0, 0.05) is 11.5 Å². The number of fused-ring (bicyclic) bond motifs is 1. The quantitative estimate of drug-likeness (QED) is 0.336. The van der Waals surface area contributed by atoms with Gasteiger partial charge in [0.2, 0.25) is 0 Å². The lowest BCUT2D eigenvalue weighted by Gasteiger charge is -2.38. The van der Waals surface area contributed by atoms with E-state index in [1.165, 1.54) is 6.07 Å². The SMILES string of the molecule is CCOc1ccc(-n2nc3c(C(C#N)(Cc4ccccc4)C(C)(C)C)nnc(C)c3c2C)c(F)c1.O=C=O. The van der Waals surface area contributed by atoms with Crippen molar-refractivity contribution in [1.82, 2.24) is 20.0 Å². The van der Waals surface area contributed by atoms with Gasteiger partial charge in [0.1, 0.15) is 28.1 Å². The number of nitriles is 1. The Labute approximate surface area is 221 Å². The van der Waals surface area contributed by atoms with Crippen LogP contribution >= 0.6 is 0 Å². The zero-order chi connectivity index (χ0) is 28.1. The molecule has 2 aromatic carbocycles. The topological polar surface area (TPSA) is 111 Å². The Kier molecular flexibility index (Phi) is 8.39. The number of ether oxygens (including phenoxy) is 1. The van der Waals surface area contributed by atoms with Crippen molar-refractivity contribution in [2.75, 3.05) is 6.61 Å². The summed E-state index contributed by atoms with van der Waals surface area (Å²) in [6, 6.07) is 17.2. The number of rotatable bonds is 6. The maximum Gasteiger partial charge on any atom is 0.373 e. The van der Waals surface area contributed by atoms with Crippen LogP contribution in [0.1, 0.15) is 50.3 Å². The highest BCUT2D eigenvalue weighted by molar-refractivity contribution is 5.87. The lowest BCUT2D eigenvalue weighted by molar-refractivity contribution is -0.191. The van der Waals surface area contributed by atoms with Crippen molar-refractivity contribution in [3.8, 4) is 17.5 Å². The summed E-state index contributed by atoms with van der Waals surface area (Å²) < 4.78 is 22.1. The molecular weight excluding hydrogens is 485 g/mol.